The molecule has 110 valence electrons. The maximum atomic E-state index is 12.7. The van der Waals surface area contributed by atoms with Crippen LogP contribution in [0.3, 0.4) is 0 Å². The fourth-order valence-corrected chi connectivity index (χ4v) is 2.74. The summed E-state index contributed by atoms with van der Waals surface area (Å²) in [5, 5.41) is 12.7. The number of carbonyl (C=O) groups is 1. The molecule has 19 heavy (non-hydrogen) atoms. The quantitative estimate of drug-likeness (QED) is 0.808. The van der Waals surface area contributed by atoms with E-state index in [1.165, 1.54) is 0 Å². The molecule has 2 aliphatic rings. The van der Waals surface area contributed by atoms with Crippen LogP contribution in [0.4, 0.5) is 8.78 Å². The van der Waals surface area contributed by atoms with Crippen molar-refractivity contribution in [1.29, 1.82) is 0 Å². The summed E-state index contributed by atoms with van der Waals surface area (Å²) in [6, 6.07) is 0.0494. The summed E-state index contributed by atoms with van der Waals surface area (Å²) in [7, 11) is 0. The van der Waals surface area contributed by atoms with E-state index in [2.05, 4.69) is 24.1 Å². The predicted molar refractivity (Wildman–Crippen MR) is 66.9 cm³/mol. The van der Waals surface area contributed by atoms with E-state index in [9.17, 15) is 18.7 Å². The molecule has 0 spiro atoms. The van der Waals surface area contributed by atoms with Gasteiger partial charge < -0.3 is 10.4 Å². The van der Waals surface area contributed by atoms with Gasteiger partial charge in [-0.2, -0.15) is 0 Å². The topological polar surface area (TPSA) is 52.6 Å². The molecule has 0 radical (unpaired) electrons. The Morgan fingerprint density at radius 2 is 2.05 bits per heavy atom. The number of nitrogens with one attached hydrogen (secondary N) is 1. The molecule has 2 fully saturated rings. The maximum Gasteiger partial charge on any atom is 0.249 e. The molecule has 6 heteroatoms. The van der Waals surface area contributed by atoms with Gasteiger partial charge in [0, 0.05) is 37.9 Å². The van der Waals surface area contributed by atoms with Gasteiger partial charge in [-0.15, -0.1) is 0 Å². The molecule has 1 aliphatic heterocycles. The number of piperidine rings is 1. The molecule has 1 heterocycles. The number of hydrogen-bond donors (Lipinski definition) is 2. The number of amides is 1. The Bertz CT molecular complexity index is 342. The van der Waals surface area contributed by atoms with E-state index >= 15 is 0 Å². The van der Waals surface area contributed by atoms with E-state index in [4.69, 9.17) is 0 Å². The lowest BCUT2D eigenvalue weighted by Gasteiger charge is -2.40. The number of carbonyl (C=O) groups excluding carboxylic acids is 1. The Morgan fingerprint density at radius 1 is 1.42 bits per heavy atom. The van der Waals surface area contributed by atoms with Crippen LogP contribution in [0.1, 0.15) is 33.1 Å². The molecular weight excluding hydrogens is 254 g/mol. The van der Waals surface area contributed by atoms with Crippen LogP contribution in [0.25, 0.3) is 0 Å². The van der Waals surface area contributed by atoms with Gasteiger partial charge in [0.15, 0.2) is 0 Å². The number of rotatable bonds is 3. The van der Waals surface area contributed by atoms with Crippen molar-refractivity contribution in [3.8, 4) is 0 Å². The number of likely N-dealkylation sites (tertiary alicyclic amines) is 1. The molecule has 1 saturated heterocycles. The summed E-state index contributed by atoms with van der Waals surface area (Å²) in [6.45, 7) is 5.44. The third-order valence-corrected chi connectivity index (χ3v) is 4.13. The number of aliphatic hydroxyl groups is 1. The van der Waals surface area contributed by atoms with E-state index in [1.54, 1.807) is 0 Å². The molecule has 2 unspecified atom stereocenters. The molecule has 1 amide bonds. The first-order valence-electron chi connectivity index (χ1n) is 6.89. The summed E-state index contributed by atoms with van der Waals surface area (Å²) in [5.41, 5.74) is 0. The van der Waals surface area contributed by atoms with Crippen molar-refractivity contribution in [3.63, 3.8) is 0 Å². The normalized spacial score (nSPS) is 32.1. The van der Waals surface area contributed by atoms with Gasteiger partial charge in [0.2, 0.25) is 11.8 Å². The van der Waals surface area contributed by atoms with Crippen LogP contribution in [0, 0.1) is 5.92 Å². The zero-order chi connectivity index (χ0) is 14.2. The Kier molecular flexibility index (Phi) is 4.11. The van der Waals surface area contributed by atoms with Crippen molar-refractivity contribution < 1.29 is 18.7 Å². The molecule has 1 aliphatic carbocycles. The highest BCUT2D eigenvalue weighted by molar-refractivity contribution is 5.80. The minimum atomic E-state index is -2.68. The van der Waals surface area contributed by atoms with E-state index in [1.807, 2.05) is 0 Å². The fraction of sp³-hybridized carbons (Fsp3) is 0.923. The van der Waals surface area contributed by atoms with Crippen LogP contribution >= 0.6 is 0 Å². The summed E-state index contributed by atoms with van der Waals surface area (Å²) < 4.78 is 25.4. The minimum absolute atomic E-state index is 0.309. The third kappa shape index (κ3) is 3.42. The van der Waals surface area contributed by atoms with Gasteiger partial charge in [0.1, 0.15) is 0 Å². The van der Waals surface area contributed by atoms with E-state index in [0.29, 0.717) is 19.0 Å². The number of alkyl halides is 2. The third-order valence-electron chi connectivity index (χ3n) is 4.13. The Balaban J connectivity index is 1.79. The molecule has 2 atom stereocenters. The molecule has 4 nitrogen and oxygen atoms in total. The van der Waals surface area contributed by atoms with Crippen LogP contribution in [-0.4, -0.2) is 53.1 Å². The SMILES string of the molecule is CC(C)N1CCC(NC(=O)C2CC(F)(F)C2)C(O)C1. The molecule has 0 bridgehead atoms. The fourth-order valence-electron chi connectivity index (χ4n) is 2.74. The van der Waals surface area contributed by atoms with Gasteiger partial charge in [-0.05, 0) is 20.3 Å². The summed E-state index contributed by atoms with van der Waals surface area (Å²) in [6.07, 6.45) is -0.686. The zero-order valence-corrected chi connectivity index (χ0v) is 11.4. The lowest BCUT2D eigenvalue weighted by molar-refractivity contribution is -0.152. The van der Waals surface area contributed by atoms with Crippen molar-refractivity contribution in [2.75, 3.05) is 13.1 Å². The summed E-state index contributed by atoms with van der Waals surface area (Å²) >= 11 is 0. The van der Waals surface area contributed by atoms with Crippen LogP contribution in [-0.2, 0) is 4.79 Å². The summed E-state index contributed by atoms with van der Waals surface area (Å²) in [5.74, 6) is -3.61. The maximum absolute atomic E-state index is 12.7. The smallest absolute Gasteiger partial charge is 0.249 e. The van der Waals surface area contributed by atoms with Crippen molar-refractivity contribution in [2.45, 2.75) is 57.2 Å². The number of halogens is 2. The second-order valence-electron chi connectivity index (χ2n) is 6.02. The second-order valence-corrected chi connectivity index (χ2v) is 6.02. The largest absolute Gasteiger partial charge is 0.390 e. The summed E-state index contributed by atoms with van der Waals surface area (Å²) in [4.78, 5) is 13.9. The van der Waals surface area contributed by atoms with Crippen LogP contribution in [0.5, 0.6) is 0 Å². The van der Waals surface area contributed by atoms with Crippen molar-refractivity contribution in [2.24, 2.45) is 5.92 Å². The molecule has 2 N–H and O–H groups in total. The van der Waals surface area contributed by atoms with E-state index in [-0.39, 0.29) is 24.8 Å². The molecule has 2 rings (SSSR count). The van der Waals surface area contributed by atoms with E-state index in [0.717, 1.165) is 6.54 Å². The Morgan fingerprint density at radius 3 is 2.53 bits per heavy atom. The Labute approximate surface area is 112 Å². The second kappa shape index (κ2) is 5.32. The van der Waals surface area contributed by atoms with Crippen molar-refractivity contribution in [1.82, 2.24) is 10.2 Å². The van der Waals surface area contributed by atoms with E-state index < -0.39 is 17.9 Å². The van der Waals surface area contributed by atoms with Gasteiger partial charge in [-0.3, -0.25) is 9.69 Å². The highest BCUT2D eigenvalue weighted by Crippen LogP contribution is 2.42. The standard InChI is InChI=1S/C13H22F2N2O2/c1-8(2)17-4-3-10(11(18)7-17)16-12(19)9-5-13(14,15)6-9/h8-11,18H,3-7H2,1-2H3,(H,16,19). The van der Waals surface area contributed by atoms with Gasteiger partial charge in [0.25, 0.3) is 0 Å². The minimum Gasteiger partial charge on any atom is -0.390 e. The number of β-amino-alcohol motifs (C(OH)–C–C–N with tert-alkyl or cyclic N) is 1. The van der Waals surface area contributed by atoms with Crippen molar-refractivity contribution in [3.05, 3.63) is 0 Å². The van der Waals surface area contributed by atoms with Gasteiger partial charge in [-0.1, -0.05) is 0 Å². The van der Waals surface area contributed by atoms with Gasteiger partial charge in [-0.25, -0.2) is 8.78 Å². The number of nitrogens with zero attached hydrogens (tertiary/aromatic N) is 1. The monoisotopic (exact) mass is 276 g/mol. The highest BCUT2D eigenvalue weighted by Gasteiger charge is 2.49. The van der Waals surface area contributed by atoms with Crippen LogP contribution in [0.2, 0.25) is 0 Å². The molecule has 0 aromatic carbocycles. The average Bonchev–Trinajstić information content (AvgIpc) is 2.28. The zero-order valence-electron chi connectivity index (χ0n) is 11.4. The molecule has 1 saturated carbocycles. The lowest BCUT2D eigenvalue weighted by atomic mass is 9.80. The van der Waals surface area contributed by atoms with Crippen LogP contribution in [0.15, 0.2) is 0 Å². The Hall–Kier alpha value is -0.750. The first-order valence-corrected chi connectivity index (χ1v) is 6.89. The molecule has 0 aromatic heterocycles. The first-order chi connectivity index (χ1) is 8.78. The van der Waals surface area contributed by atoms with Gasteiger partial charge >= 0.3 is 0 Å². The highest BCUT2D eigenvalue weighted by atomic mass is 19.3. The average molecular weight is 276 g/mol. The van der Waals surface area contributed by atoms with Crippen molar-refractivity contribution >= 4 is 5.91 Å². The van der Waals surface area contributed by atoms with Gasteiger partial charge in [0.05, 0.1) is 12.1 Å². The number of hydrogen-bond acceptors (Lipinski definition) is 3. The molecular formula is C13H22F2N2O2. The lowest BCUT2D eigenvalue weighted by Crippen LogP contribution is -2.57. The predicted octanol–water partition coefficient (Wildman–Crippen LogP) is 0.991. The number of aliphatic hydroxyl groups excluding tert-OH is 1. The van der Waals surface area contributed by atoms with Crippen LogP contribution < -0.4 is 5.32 Å². The molecule has 0 aromatic rings. The first kappa shape index (κ1) is 14.7.